The molecule has 0 fully saturated rings. The highest BCUT2D eigenvalue weighted by atomic mass is 15.0. The van der Waals surface area contributed by atoms with E-state index in [1.54, 1.807) is 0 Å². The van der Waals surface area contributed by atoms with Crippen LogP contribution in [-0.2, 0) is 13.5 Å². The van der Waals surface area contributed by atoms with Crippen LogP contribution in [0.25, 0.3) is 0 Å². The van der Waals surface area contributed by atoms with Crippen molar-refractivity contribution in [3.05, 3.63) is 18.2 Å². The van der Waals surface area contributed by atoms with Gasteiger partial charge in [-0.25, -0.2) is 4.98 Å². The molecule has 1 unspecified atom stereocenters. The van der Waals surface area contributed by atoms with Crippen LogP contribution in [0.2, 0.25) is 0 Å². The second-order valence-corrected chi connectivity index (χ2v) is 4.66. The van der Waals surface area contributed by atoms with Gasteiger partial charge in [0.25, 0.3) is 0 Å². The van der Waals surface area contributed by atoms with Gasteiger partial charge in [-0.15, -0.1) is 0 Å². The molecule has 15 heavy (non-hydrogen) atoms. The van der Waals surface area contributed by atoms with E-state index in [0.717, 1.165) is 13.0 Å². The Bertz CT molecular complexity index is 278. The fourth-order valence-electron chi connectivity index (χ4n) is 1.55. The summed E-state index contributed by atoms with van der Waals surface area (Å²) in [5.74, 6) is 1.90. The Morgan fingerprint density at radius 3 is 2.67 bits per heavy atom. The van der Waals surface area contributed by atoms with Gasteiger partial charge < -0.3 is 9.88 Å². The molecule has 0 spiro atoms. The van der Waals surface area contributed by atoms with Crippen molar-refractivity contribution in [3.63, 3.8) is 0 Å². The molecule has 1 rings (SSSR count). The van der Waals surface area contributed by atoms with E-state index in [1.165, 1.54) is 12.2 Å². The number of aryl methyl sites for hydroxylation is 2. The second kappa shape index (κ2) is 5.91. The zero-order valence-corrected chi connectivity index (χ0v) is 10.3. The normalized spacial score (nSPS) is 13.4. The van der Waals surface area contributed by atoms with Crippen molar-refractivity contribution in [3.8, 4) is 0 Å². The van der Waals surface area contributed by atoms with Gasteiger partial charge in [0.2, 0.25) is 0 Å². The van der Waals surface area contributed by atoms with E-state index in [0.29, 0.717) is 12.0 Å². The molecule has 1 N–H and O–H groups in total. The van der Waals surface area contributed by atoms with Crippen LogP contribution in [0.1, 0.15) is 33.0 Å². The van der Waals surface area contributed by atoms with Gasteiger partial charge in [0.05, 0.1) is 0 Å². The summed E-state index contributed by atoms with van der Waals surface area (Å²) in [5.41, 5.74) is 0. The Hall–Kier alpha value is -0.830. The van der Waals surface area contributed by atoms with Crippen molar-refractivity contribution in [2.45, 2.75) is 39.7 Å². The predicted molar refractivity (Wildman–Crippen MR) is 63.8 cm³/mol. The maximum absolute atomic E-state index is 4.33. The molecule has 0 aliphatic rings. The Morgan fingerprint density at radius 2 is 2.13 bits per heavy atom. The van der Waals surface area contributed by atoms with Crippen LogP contribution in [0.4, 0.5) is 0 Å². The second-order valence-electron chi connectivity index (χ2n) is 4.66. The molecule has 1 aromatic heterocycles. The zero-order chi connectivity index (χ0) is 11.3. The Labute approximate surface area is 92.9 Å². The van der Waals surface area contributed by atoms with Crippen LogP contribution in [0.5, 0.6) is 0 Å². The molecular formula is C12H23N3. The fourth-order valence-corrected chi connectivity index (χ4v) is 1.55. The minimum Gasteiger partial charge on any atom is -0.338 e. The maximum Gasteiger partial charge on any atom is 0.108 e. The summed E-state index contributed by atoms with van der Waals surface area (Å²) < 4.78 is 2.10. The van der Waals surface area contributed by atoms with Crippen molar-refractivity contribution in [2.24, 2.45) is 13.0 Å². The Kier molecular flexibility index (Phi) is 4.82. The molecule has 0 amide bonds. The van der Waals surface area contributed by atoms with Crippen molar-refractivity contribution < 1.29 is 0 Å². The van der Waals surface area contributed by atoms with E-state index in [9.17, 15) is 0 Å². The summed E-state index contributed by atoms with van der Waals surface area (Å²) in [6, 6.07) is 0.584. The van der Waals surface area contributed by atoms with Crippen LogP contribution < -0.4 is 5.32 Å². The van der Waals surface area contributed by atoms with Crippen LogP contribution in [0.3, 0.4) is 0 Å². The van der Waals surface area contributed by atoms with E-state index in [4.69, 9.17) is 0 Å². The lowest BCUT2D eigenvalue weighted by Crippen LogP contribution is -2.28. The summed E-state index contributed by atoms with van der Waals surface area (Å²) >= 11 is 0. The van der Waals surface area contributed by atoms with E-state index < -0.39 is 0 Å². The largest absolute Gasteiger partial charge is 0.338 e. The minimum atomic E-state index is 0.584. The van der Waals surface area contributed by atoms with E-state index in [2.05, 4.69) is 42.7 Å². The molecule has 1 aromatic rings. The molecule has 0 bridgehead atoms. The average Bonchev–Trinajstić information content (AvgIpc) is 2.58. The SMILES string of the molecule is CC(CCc1nccn1C)CNC(C)C. The summed E-state index contributed by atoms with van der Waals surface area (Å²) in [5, 5.41) is 3.46. The van der Waals surface area contributed by atoms with E-state index in [-0.39, 0.29) is 0 Å². The number of hydrogen-bond donors (Lipinski definition) is 1. The van der Waals surface area contributed by atoms with E-state index >= 15 is 0 Å². The summed E-state index contributed by atoms with van der Waals surface area (Å²) in [4.78, 5) is 4.33. The third kappa shape index (κ3) is 4.47. The summed E-state index contributed by atoms with van der Waals surface area (Å²) in [6.07, 6.45) is 6.15. The third-order valence-electron chi connectivity index (χ3n) is 2.66. The molecule has 0 saturated carbocycles. The number of aromatic nitrogens is 2. The first-order valence-electron chi connectivity index (χ1n) is 5.79. The molecule has 0 aromatic carbocycles. The molecule has 1 atom stereocenters. The summed E-state index contributed by atoms with van der Waals surface area (Å²) in [6.45, 7) is 7.76. The average molecular weight is 209 g/mol. The maximum atomic E-state index is 4.33. The number of imidazole rings is 1. The molecule has 0 radical (unpaired) electrons. The fraction of sp³-hybridized carbons (Fsp3) is 0.750. The summed E-state index contributed by atoms with van der Waals surface area (Å²) in [7, 11) is 2.05. The van der Waals surface area contributed by atoms with Gasteiger partial charge >= 0.3 is 0 Å². The first-order chi connectivity index (χ1) is 7.09. The smallest absolute Gasteiger partial charge is 0.108 e. The van der Waals surface area contributed by atoms with Crippen LogP contribution in [0.15, 0.2) is 12.4 Å². The quantitative estimate of drug-likeness (QED) is 0.776. The predicted octanol–water partition coefficient (Wildman–Crippen LogP) is 1.99. The highest BCUT2D eigenvalue weighted by Crippen LogP contribution is 2.07. The van der Waals surface area contributed by atoms with Crippen LogP contribution in [0, 0.1) is 5.92 Å². The highest BCUT2D eigenvalue weighted by Gasteiger charge is 2.05. The van der Waals surface area contributed by atoms with Gasteiger partial charge in [0, 0.05) is 31.9 Å². The molecule has 0 aliphatic carbocycles. The monoisotopic (exact) mass is 209 g/mol. The molecule has 86 valence electrons. The highest BCUT2D eigenvalue weighted by molar-refractivity contribution is 4.91. The number of nitrogens with zero attached hydrogens (tertiary/aromatic N) is 2. The van der Waals surface area contributed by atoms with E-state index in [1.807, 2.05) is 12.4 Å². The third-order valence-corrected chi connectivity index (χ3v) is 2.66. The molecule has 1 heterocycles. The van der Waals surface area contributed by atoms with Crippen molar-refractivity contribution in [2.75, 3.05) is 6.54 Å². The first-order valence-corrected chi connectivity index (χ1v) is 5.79. The van der Waals surface area contributed by atoms with Gasteiger partial charge in [-0.05, 0) is 18.9 Å². The Balaban J connectivity index is 2.22. The van der Waals surface area contributed by atoms with Crippen LogP contribution in [-0.4, -0.2) is 22.1 Å². The van der Waals surface area contributed by atoms with Gasteiger partial charge in [-0.2, -0.15) is 0 Å². The van der Waals surface area contributed by atoms with Gasteiger partial charge in [-0.3, -0.25) is 0 Å². The molecule has 3 nitrogen and oxygen atoms in total. The number of rotatable bonds is 6. The lowest BCUT2D eigenvalue weighted by molar-refractivity contribution is 0.448. The van der Waals surface area contributed by atoms with Crippen molar-refractivity contribution in [1.82, 2.24) is 14.9 Å². The molecule has 3 heteroatoms. The zero-order valence-electron chi connectivity index (χ0n) is 10.3. The van der Waals surface area contributed by atoms with Crippen molar-refractivity contribution >= 4 is 0 Å². The lowest BCUT2D eigenvalue weighted by Gasteiger charge is -2.14. The topological polar surface area (TPSA) is 29.9 Å². The number of hydrogen-bond acceptors (Lipinski definition) is 2. The van der Waals surface area contributed by atoms with Crippen molar-refractivity contribution in [1.29, 1.82) is 0 Å². The molecular weight excluding hydrogens is 186 g/mol. The van der Waals surface area contributed by atoms with Gasteiger partial charge in [0.1, 0.15) is 5.82 Å². The molecule has 0 aliphatic heterocycles. The minimum absolute atomic E-state index is 0.584. The standard InChI is InChI=1S/C12H23N3/c1-10(2)14-9-11(3)5-6-12-13-7-8-15(12)4/h7-8,10-11,14H,5-6,9H2,1-4H3. The van der Waals surface area contributed by atoms with Gasteiger partial charge in [-0.1, -0.05) is 20.8 Å². The van der Waals surface area contributed by atoms with Crippen LogP contribution >= 0.6 is 0 Å². The number of nitrogens with one attached hydrogen (secondary N) is 1. The van der Waals surface area contributed by atoms with Gasteiger partial charge in [0.15, 0.2) is 0 Å². The molecule has 0 saturated heterocycles. The Morgan fingerprint density at radius 1 is 1.40 bits per heavy atom. The lowest BCUT2D eigenvalue weighted by atomic mass is 10.1. The first kappa shape index (κ1) is 12.2.